The molecule has 9 heteroatoms. The summed E-state index contributed by atoms with van der Waals surface area (Å²) in [5, 5.41) is 10.3. The van der Waals surface area contributed by atoms with Crippen LogP contribution in [0.15, 0.2) is 48.5 Å². The molecule has 3 aromatic carbocycles. The van der Waals surface area contributed by atoms with Crippen molar-refractivity contribution in [3.05, 3.63) is 75.8 Å². The molecule has 2 fully saturated rings. The summed E-state index contributed by atoms with van der Waals surface area (Å²) in [6.07, 6.45) is 5.77. The second kappa shape index (κ2) is 15.2. The van der Waals surface area contributed by atoms with Crippen molar-refractivity contribution in [1.29, 1.82) is 0 Å². The fourth-order valence-corrected chi connectivity index (χ4v) is 7.16. The highest BCUT2D eigenvalue weighted by molar-refractivity contribution is 6.32. The van der Waals surface area contributed by atoms with Crippen molar-refractivity contribution in [2.45, 2.75) is 78.9 Å². The van der Waals surface area contributed by atoms with Crippen molar-refractivity contribution in [2.75, 3.05) is 39.3 Å². The number of ether oxygens (including phenoxy) is 3. The molecular weight excluding hydrogens is 628 g/mol. The minimum Gasteiger partial charge on any atom is -0.507 e. The predicted octanol–water partition coefficient (Wildman–Crippen LogP) is 8.60. The lowest BCUT2D eigenvalue weighted by Crippen LogP contribution is -2.52. The number of halogens is 1. The number of aldehydes is 1. The molecule has 2 saturated heterocycles. The van der Waals surface area contributed by atoms with Gasteiger partial charge in [0.15, 0.2) is 6.29 Å². The molecule has 5 rings (SSSR count). The number of aromatic hydroxyl groups is 1. The van der Waals surface area contributed by atoms with Crippen LogP contribution in [0.1, 0.15) is 79.9 Å². The maximum Gasteiger partial charge on any atom is 0.410 e. The van der Waals surface area contributed by atoms with Gasteiger partial charge in [-0.1, -0.05) is 41.9 Å². The Kier molecular flexibility index (Phi) is 11.3. The smallest absolute Gasteiger partial charge is 0.410 e. The average molecular weight is 677 g/mol. The second-order valence-corrected chi connectivity index (χ2v) is 14.7. The number of amides is 1. The van der Waals surface area contributed by atoms with Crippen molar-refractivity contribution < 1.29 is 28.9 Å². The van der Waals surface area contributed by atoms with Crippen LogP contribution in [0.3, 0.4) is 0 Å². The number of phenolic OH excluding ortho intramolecular Hbond substituents is 1. The average Bonchev–Trinajstić information content (AvgIpc) is 3.05. The number of carbonyl (C=O) groups excluding carboxylic acids is 2. The van der Waals surface area contributed by atoms with Crippen LogP contribution in [-0.2, 0) is 11.3 Å². The SMILES string of the molecule is Cc1c(COc2cc(O)c(C=O)cc2Cl)cccc1-c1cccc(OCCCN2CCC3(CCCN(C(=O)OC(C)(C)C)C3)CC2)c1C. The third-order valence-corrected chi connectivity index (χ3v) is 10.0. The van der Waals surface area contributed by atoms with Gasteiger partial charge in [-0.05, 0) is 125 Å². The molecule has 2 aliphatic rings. The molecule has 0 aliphatic carbocycles. The van der Waals surface area contributed by atoms with Crippen LogP contribution in [0.5, 0.6) is 17.2 Å². The Balaban J connectivity index is 1.13. The first-order valence-corrected chi connectivity index (χ1v) is 17.4. The summed E-state index contributed by atoms with van der Waals surface area (Å²) >= 11 is 6.28. The molecular formula is C39H49ClN2O6. The van der Waals surface area contributed by atoms with E-state index in [-0.39, 0.29) is 34.5 Å². The molecule has 0 bridgehead atoms. The summed E-state index contributed by atoms with van der Waals surface area (Å²) in [4.78, 5) is 28.3. The quantitative estimate of drug-likeness (QED) is 0.170. The first-order chi connectivity index (χ1) is 22.9. The lowest BCUT2D eigenvalue weighted by Gasteiger charge is -2.47. The molecule has 258 valence electrons. The van der Waals surface area contributed by atoms with E-state index in [0.717, 1.165) is 92.0 Å². The number of nitrogens with zero attached hydrogens (tertiary/aromatic N) is 2. The van der Waals surface area contributed by atoms with Gasteiger partial charge in [0.05, 0.1) is 17.2 Å². The van der Waals surface area contributed by atoms with Crippen molar-refractivity contribution in [2.24, 2.45) is 5.41 Å². The van der Waals surface area contributed by atoms with Crippen LogP contribution in [-0.4, -0.2) is 72.2 Å². The summed E-state index contributed by atoms with van der Waals surface area (Å²) in [6.45, 7) is 15.5. The Hall–Kier alpha value is -3.75. The van der Waals surface area contributed by atoms with E-state index < -0.39 is 5.60 Å². The van der Waals surface area contributed by atoms with Crippen LogP contribution < -0.4 is 9.47 Å². The highest BCUT2D eigenvalue weighted by atomic mass is 35.5. The highest BCUT2D eigenvalue weighted by Gasteiger charge is 2.40. The van der Waals surface area contributed by atoms with Gasteiger partial charge in [0.1, 0.15) is 29.5 Å². The van der Waals surface area contributed by atoms with E-state index in [1.807, 2.05) is 49.9 Å². The molecule has 1 spiro atoms. The normalized spacial score (nSPS) is 16.5. The molecule has 2 aliphatic heterocycles. The monoisotopic (exact) mass is 676 g/mol. The van der Waals surface area contributed by atoms with Gasteiger partial charge in [0, 0.05) is 25.7 Å². The van der Waals surface area contributed by atoms with Gasteiger partial charge < -0.3 is 29.1 Å². The summed E-state index contributed by atoms with van der Waals surface area (Å²) < 4.78 is 17.9. The van der Waals surface area contributed by atoms with Gasteiger partial charge in [-0.3, -0.25) is 4.79 Å². The van der Waals surface area contributed by atoms with Gasteiger partial charge in [-0.25, -0.2) is 4.79 Å². The molecule has 48 heavy (non-hydrogen) atoms. The van der Waals surface area contributed by atoms with Gasteiger partial charge in [0.2, 0.25) is 0 Å². The lowest BCUT2D eigenvalue weighted by atomic mass is 9.72. The van der Waals surface area contributed by atoms with Crippen molar-refractivity contribution in [1.82, 2.24) is 9.80 Å². The number of hydrogen-bond acceptors (Lipinski definition) is 7. The van der Waals surface area contributed by atoms with Crippen molar-refractivity contribution >= 4 is 24.0 Å². The Bertz CT molecular complexity index is 1610. The van der Waals surface area contributed by atoms with E-state index in [9.17, 15) is 14.7 Å². The molecule has 2 heterocycles. The fraction of sp³-hybridized carbons (Fsp3) is 0.487. The van der Waals surface area contributed by atoms with E-state index in [4.69, 9.17) is 25.8 Å². The molecule has 8 nitrogen and oxygen atoms in total. The Labute approximate surface area is 289 Å². The molecule has 0 unspecified atom stereocenters. The van der Waals surface area contributed by atoms with Crippen molar-refractivity contribution in [3.63, 3.8) is 0 Å². The molecule has 0 saturated carbocycles. The zero-order chi connectivity index (χ0) is 34.5. The minimum atomic E-state index is -0.469. The Morgan fingerprint density at radius 1 is 0.958 bits per heavy atom. The summed E-state index contributed by atoms with van der Waals surface area (Å²) in [5.74, 6) is 1.03. The van der Waals surface area contributed by atoms with Gasteiger partial charge in [-0.15, -0.1) is 0 Å². The Morgan fingerprint density at radius 2 is 1.67 bits per heavy atom. The summed E-state index contributed by atoms with van der Waals surface area (Å²) in [7, 11) is 0. The summed E-state index contributed by atoms with van der Waals surface area (Å²) in [5.41, 5.74) is 5.22. The predicted molar refractivity (Wildman–Crippen MR) is 189 cm³/mol. The van der Waals surface area contributed by atoms with E-state index >= 15 is 0 Å². The zero-order valence-corrected chi connectivity index (χ0v) is 29.7. The Morgan fingerprint density at radius 3 is 2.38 bits per heavy atom. The first-order valence-electron chi connectivity index (χ1n) is 17.0. The topological polar surface area (TPSA) is 88.5 Å². The van der Waals surface area contributed by atoms with E-state index in [0.29, 0.717) is 18.6 Å². The number of carbonyl (C=O) groups is 2. The second-order valence-electron chi connectivity index (χ2n) is 14.3. The zero-order valence-electron chi connectivity index (χ0n) is 28.9. The summed E-state index contributed by atoms with van der Waals surface area (Å²) in [6, 6.07) is 15.1. The minimum absolute atomic E-state index is 0.122. The van der Waals surface area contributed by atoms with Crippen LogP contribution in [0, 0.1) is 19.3 Å². The van der Waals surface area contributed by atoms with Crippen LogP contribution in [0.4, 0.5) is 4.79 Å². The molecule has 0 radical (unpaired) electrons. The molecule has 0 atom stereocenters. The number of rotatable bonds is 10. The number of likely N-dealkylation sites (tertiary alicyclic amines) is 2. The van der Waals surface area contributed by atoms with E-state index in [2.05, 4.69) is 30.9 Å². The maximum absolute atomic E-state index is 12.7. The number of hydrogen-bond donors (Lipinski definition) is 1. The largest absolute Gasteiger partial charge is 0.507 e. The van der Waals surface area contributed by atoms with Gasteiger partial charge >= 0.3 is 6.09 Å². The third-order valence-electron chi connectivity index (χ3n) is 9.72. The number of benzene rings is 3. The molecule has 3 aromatic rings. The standard InChI is InChI=1S/C39H49ClN2O6/c1-27-29(25-47-36-23-34(44)30(24-43)22-33(36)40)10-6-11-31(27)32-12-7-13-35(28(32)2)46-21-9-17-41-19-15-39(16-20-41)14-8-18-42(26-39)37(45)48-38(3,4)5/h6-7,10-13,22-24,44H,8-9,14-21,25-26H2,1-5H3. The van der Waals surface area contributed by atoms with E-state index in [1.54, 1.807) is 0 Å². The van der Waals surface area contributed by atoms with Crippen LogP contribution >= 0.6 is 11.6 Å². The van der Waals surface area contributed by atoms with Gasteiger partial charge in [-0.2, -0.15) is 0 Å². The molecule has 1 N–H and O–H groups in total. The first kappa shape index (κ1) is 35.6. The number of piperidine rings is 2. The van der Waals surface area contributed by atoms with Crippen molar-refractivity contribution in [3.8, 4) is 28.4 Å². The number of phenols is 1. The van der Waals surface area contributed by atoms with Crippen LogP contribution in [0.2, 0.25) is 5.02 Å². The van der Waals surface area contributed by atoms with E-state index in [1.165, 1.54) is 18.6 Å². The lowest BCUT2D eigenvalue weighted by molar-refractivity contribution is -0.0117. The molecule has 1 amide bonds. The maximum atomic E-state index is 12.7. The van der Waals surface area contributed by atoms with Crippen LogP contribution in [0.25, 0.3) is 11.1 Å². The molecule has 0 aromatic heterocycles. The fourth-order valence-electron chi connectivity index (χ4n) is 6.93. The van der Waals surface area contributed by atoms with Gasteiger partial charge in [0.25, 0.3) is 0 Å². The third kappa shape index (κ3) is 8.63. The highest BCUT2D eigenvalue weighted by Crippen LogP contribution is 2.40.